The molecule has 0 spiro atoms. The molecule has 130 valence electrons. The first-order valence-corrected chi connectivity index (χ1v) is 8.24. The monoisotopic (exact) mass is 359 g/mol. The molecule has 0 fully saturated rings. The van der Waals surface area contributed by atoms with Gasteiger partial charge in [-0.15, -0.1) is 0 Å². The van der Waals surface area contributed by atoms with E-state index >= 15 is 0 Å². The van der Waals surface area contributed by atoms with Crippen LogP contribution in [0.4, 0.5) is 5.69 Å². The number of hydrogen-bond acceptors (Lipinski definition) is 4. The molecule has 0 heterocycles. The number of rotatable bonds is 7. The summed E-state index contributed by atoms with van der Waals surface area (Å²) >= 11 is 5.91. The minimum Gasteiger partial charge on any atom is -0.454 e. The van der Waals surface area contributed by atoms with Gasteiger partial charge >= 0.3 is 5.97 Å². The lowest BCUT2D eigenvalue weighted by atomic mass is 10.1. The molecule has 2 aromatic carbocycles. The Labute approximate surface area is 150 Å². The summed E-state index contributed by atoms with van der Waals surface area (Å²) in [6, 6.07) is 12.9. The number of ether oxygens (including phenoxy) is 1. The van der Waals surface area contributed by atoms with E-state index in [-0.39, 0.29) is 28.9 Å². The molecule has 0 radical (unpaired) electrons. The number of carbonyl (C=O) groups is 3. The van der Waals surface area contributed by atoms with Crippen LogP contribution in [0.2, 0.25) is 5.02 Å². The molecule has 0 aromatic heterocycles. The maximum absolute atomic E-state index is 12.1. The number of carbonyl (C=O) groups excluding carboxylic acids is 3. The molecule has 0 unspecified atom stereocenters. The molecule has 1 amide bonds. The number of ketones is 1. The van der Waals surface area contributed by atoms with Crippen LogP contribution < -0.4 is 5.32 Å². The fraction of sp³-hybridized carbons (Fsp3) is 0.211. The van der Waals surface area contributed by atoms with E-state index in [4.69, 9.17) is 16.3 Å². The Bertz CT molecular complexity index is 771. The second-order valence-electron chi connectivity index (χ2n) is 5.35. The Morgan fingerprint density at radius 2 is 1.72 bits per heavy atom. The largest absolute Gasteiger partial charge is 0.454 e. The minimum absolute atomic E-state index is 0.0738. The maximum Gasteiger partial charge on any atom is 0.340 e. The van der Waals surface area contributed by atoms with E-state index < -0.39 is 5.97 Å². The number of benzene rings is 2. The zero-order valence-electron chi connectivity index (χ0n) is 13.8. The second kappa shape index (κ2) is 8.99. The van der Waals surface area contributed by atoms with Gasteiger partial charge in [0.25, 0.3) is 0 Å². The Morgan fingerprint density at radius 1 is 1.04 bits per heavy atom. The third kappa shape index (κ3) is 5.43. The third-order valence-electron chi connectivity index (χ3n) is 3.40. The number of Topliss-reactive ketones (excluding diaryl/α,β-unsaturated/α-hetero) is 1. The van der Waals surface area contributed by atoms with Gasteiger partial charge in [-0.1, -0.05) is 30.7 Å². The average molecular weight is 360 g/mol. The Hall–Kier alpha value is -2.66. The van der Waals surface area contributed by atoms with Gasteiger partial charge in [0.05, 0.1) is 10.6 Å². The number of hydrogen-bond donors (Lipinski definition) is 1. The lowest BCUT2D eigenvalue weighted by Gasteiger charge is -2.07. The number of esters is 1. The first-order valence-electron chi connectivity index (χ1n) is 7.86. The highest BCUT2D eigenvalue weighted by atomic mass is 35.5. The van der Waals surface area contributed by atoms with Crippen molar-refractivity contribution in [3.05, 3.63) is 64.7 Å². The van der Waals surface area contributed by atoms with Crippen LogP contribution in [0.1, 0.15) is 40.5 Å². The molecule has 0 aliphatic rings. The van der Waals surface area contributed by atoms with Gasteiger partial charge in [-0.25, -0.2) is 4.79 Å². The summed E-state index contributed by atoms with van der Waals surface area (Å²) in [5, 5.41) is 3.01. The summed E-state index contributed by atoms with van der Waals surface area (Å²) in [7, 11) is 0. The van der Waals surface area contributed by atoms with Crippen LogP contribution >= 0.6 is 11.6 Å². The van der Waals surface area contributed by atoms with E-state index in [1.807, 2.05) is 6.92 Å². The van der Waals surface area contributed by atoms with E-state index in [2.05, 4.69) is 5.32 Å². The summed E-state index contributed by atoms with van der Waals surface area (Å²) in [5.41, 5.74) is 1.22. The number of amides is 1. The summed E-state index contributed by atoms with van der Waals surface area (Å²) in [5.74, 6) is -1.07. The van der Waals surface area contributed by atoms with E-state index in [9.17, 15) is 14.4 Å². The van der Waals surface area contributed by atoms with E-state index in [0.717, 1.165) is 6.42 Å². The van der Waals surface area contributed by atoms with E-state index in [0.29, 0.717) is 17.7 Å². The van der Waals surface area contributed by atoms with Crippen molar-refractivity contribution < 1.29 is 19.1 Å². The van der Waals surface area contributed by atoms with Gasteiger partial charge in [-0.3, -0.25) is 9.59 Å². The van der Waals surface area contributed by atoms with Crippen LogP contribution in [0.5, 0.6) is 0 Å². The van der Waals surface area contributed by atoms with Gasteiger partial charge in [0.15, 0.2) is 12.4 Å². The normalized spacial score (nSPS) is 10.2. The van der Waals surface area contributed by atoms with Crippen LogP contribution in [0.3, 0.4) is 0 Å². The molecule has 0 aliphatic carbocycles. The lowest BCUT2D eigenvalue weighted by Crippen LogP contribution is -2.15. The number of halogens is 1. The van der Waals surface area contributed by atoms with Crippen molar-refractivity contribution in [3.8, 4) is 0 Å². The van der Waals surface area contributed by atoms with Crippen molar-refractivity contribution in [1.29, 1.82) is 0 Å². The van der Waals surface area contributed by atoms with Crippen LogP contribution in [-0.2, 0) is 9.53 Å². The molecule has 6 heteroatoms. The van der Waals surface area contributed by atoms with Gasteiger partial charge in [0.1, 0.15) is 0 Å². The SMILES string of the molecule is CCCC(=O)Nc1ccc(C(=O)COC(=O)c2ccccc2Cl)cc1. The fourth-order valence-electron chi connectivity index (χ4n) is 2.11. The zero-order valence-corrected chi connectivity index (χ0v) is 14.5. The highest BCUT2D eigenvalue weighted by Crippen LogP contribution is 2.16. The maximum atomic E-state index is 12.1. The van der Waals surface area contributed by atoms with Crippen molar-refractivity contribution in [2.24, 2.45) is 0 Å². The second-order valence-corrected chi connectivity index (χ2v) is 5.76. The molecule has 25 heavy (non-hydrogen) atoms. The van der Waals surface area contributed by atoms with Gasteiger partial charge in [-0.2, -0.15) is 0 Å². The van der Waals surface area contributed by atoms with Crippen molar-refractivity contribution in [3.63, 3.8) is 0 Å². The Balaban J connectivity index is 1.91. The molecule has 1 N–H and O–H groups in total. The van der Waals surface area contributed by atoms with Crippen LogP contribution in [0, 0.1) is 0 Å². The summed E-state index contributed by atoms with van der Waals surface area (Å²) in [4.78, 5) is 35.6. The van der Waals surface area contributed by atoms with Gasteiger partial charge in [-0.05, 0) is 42.8 Å². The Morgan fingerprint density at radius 3 is 2.36 bits per heavy atom. The van der Waals surface area contributed by atoms with Crippen LogP contribution in [-0.4, -0.2) is 24.3 Å². The molecule has 5 nitrogen and oxygen atoms in total. The minimum atomic E-state index is -0.651. The molecular formula is C19H18ClNO4. The van der Waals surface area contributed by atoms with Crippen molar-refractivity contribution in [1.82, 2.24) is 0 Å². The molecule has 0 saturated heterocycles. The molecular weight excluding hydrogens is 342 g/mol. The average Bonchev–Trinajstić information content (AvgIpc) is 2.60. The number of anilines is 1. The molecule has 2 aromatic rings. The van der Waals surface area contributed by atoms with Gasteiger partial charge in [0, 0.05) is 17.7 Å². The summed E-state index contributed by atoms with van der Waals surface area (Å²) in [6.07, 6.45) is 1.21. The number of nitrogens with one attached hydrogen (secondary N) is 1. The Kier molecular flexibility index (Phi) is 6.71. The van der Waals surface area contributed by atoms with Crippen LogP contribution in [0.25, 0.3) is 0 Å². The van der Waals surface area contributed by atoms with Crippen molar-refractivity contribution in [2.75, 3.05) is 11.9 Å². The topological polar surface area (TPSA) is 72.5 Å². The third-order valence-corrected chi connectivity index (χ3v) is 3.73. The lowest BCUT2D eigenvalue weighted by molar-refractivity contribution is -0.116. The zero-order chi connectivity index (χ0) is 18.2. The molecule has 2 rings (SSSR count). The van der Waals surface area contributed by atoms with E-state index in [1.54, 1.807) is 42.5 Å². The highest BCUT2D eigenvalue weighted by molar-refractivity contribution is 6.33. The van der Waals surface area contributed by atoms with E-state index in [1.165, 1.54) is 6.07 Å². The first kappa shape index (κ1) is 18.7. The van der Waals surface area contributed by atoms with Crippen molar-refractivity contribution in [2.45, 2.75) is 19.8 Å². The molecule has 0 saturated carbocycles. The quantitative estimate of drug-likeness (QED) is 0.596. The van der Waals surface area contributed by atoms with Crippen LogP contribution in [0.15, 0.2) is 48.5 Å². The predicted octanol–water partition coefficient (Wildman–Crippen LogP) is 4.12. The highest BCUT2D eigenvalue weighted by Gasteiger charge is 2.14. The smallest absolute Gasteiger partial charge is 0.340 e. The van der Waals surface area contributed by atoms with Gasteiger partial charge in [0.2, 0.25) is 5.91 Å². The van der Waals surface area contributed by atoms with Gasteiger partial charge < -0.3 is 10.1 Å². The standard InChI is InChI=1S/C19H18ClNO4/c1-2-5-18(23)21-14-10-8-13(9-11-14)17(22)12-25-19(24)15-6-3-4-7-16(15)20/h3-4,6-11H,2,5,12H2,1H3,(H,21,23). The summed E-state index contributed by atoms with van der Waals surface area (Å²) < 4.78 is 5.01. The fourth-order valence-corrected chi connectivity index (χ4v) is 2.32. The molecule has 0 bridgehead atoms. The first-order chi connectivity index (χ1) is 12.0. The van der Waals surface area contributed by atoms with Crippen molar-refractivity contribution >= 4 is 34.9 Å². The molecule has 0 aliphatic heterocycles. The predicted molar refractivity (Wildman–Crippen MR) is 96.0 cm³/mol. The molecule has 0 atom stereocenters. The summed E-state index contributed by atoms with van der Waals surface area (Å²) in [6.45, 7) is 1.54.